The Labute approximate surface area is 212 Å². The lowest BCUT2D eigenvalue weighted by Gasteiger charge is -2.21. The lowest BCUT2D eigenvalue weighted by atomic mass is 10.1. The van der Waals surface area contributed by atoms with Gasteiger partial charge in [-0.05, 0) is 25.3 Å². The van der Waals surface area contributed by atoms with Gasteiger partial charge in [0.15, 0.2) is 6.23 Å². The summed E-state index contributed by atoms with van der Waals surface area (Å²) in [5.74, 6) is -1.13. The first kappa shape index (κ1) is 26.9. The third-order valence-corrected chi connectivity index (χ3v) is 6.55. The van der Waals surface area contributed by atoms with Crippen LogP contribution in [0.1, 0.15) is 26.5 Å². The molecule has 0 spiro atoms. The number of nitrogens with one attached hydrogen (secondary N) is 2. The summed E-state index contributed by atoms with van der Waals surface area (Å²) >= 11 is 0. The number of rotatable bonds is 10. The van der Waals surface area contributed by atoms with Gasteiger partial charge in [0.25, 0.3) is 5.56 Å². The lowest BCUT2D eigenvalue weighted by Crippen LogP contribution is -2.36. The normalized spacial score (nSPS) is 20.3. The molecule has 1 aliphatic rings. The summed E-state index contributed by atoms with van der Waals surface area (Å²) in [7, 11) is -1.87. The molecule has 0 saturated carbocycles. The topological polar surface area (TPSA) is 141 Å². The summed E-state index contributed by atoms with van der Waals surface area (Å²) in [6, 6.07) is 13.2. The molecule has 2 heterocycles. The molecule has 1 aliphatic heterocycles. The molecule has 0 aliphatic carbocycles. The average Bonchev–Trinajstić information content (AvgIpc) is 3.23. The minimum absolute atomic E-state index is 0.0726. The van der Waals surface area contributed by atoms with Gasteiger partial charge in [-0.2, -0.15) is 4.39 Å². The highest BCUT2D eigenvalue weighted by Crippen LogP contribution is 2.40. The maximum absolute atomic E-state index is 13.7. The number of hydrogen-bond acceptors (Lipinski definition) is 9. The zero-order valence-electron chi connectivity index (χ0n) is 20.1. The molecule has 11 nitrogen and oxygen atoms in total. The standard InChI is InChI=1S/C24H27FN3O8P/c1-14(2)34-21(30)11-26-37(36-20-9-5-7-15-6-3-4-8-17(15)20)33-13-16-10-19(29)23(35-16)28-12-18(25)22(31)27-24(28)32/h3-9,12,14,16,19,23,26,29H,10-11,13H2,1-2H3,(H,27,31,32). The van der Waals surface area contributed by atoms with Crippen molar-refractivity contribution in [1.29, 1.82) is 0 Å². The van der Waals surface area contributed by atoms with Crippen LogP contribution in [0.2, 0.25) is 0 Å². The van der Waals surface area contributed by atoms with E-state index in [-0.39, 0.29) is 25.7 Å². The van der Waals surface area contributed by atoms with Crippen molar-refractivity contribution in [3.8, 4) is 5.75 Å². The van der Waals surface area contributed by atoms with Crippen LogP contribution in [0.5, 0.6) is 5.75 Å². The molecular formula is C24H27FN3O8P. The molecular weight excluding hydrogens is 508 g/mol. The Hall–Kier alpha value is -3.15. The van der Waals surface area contributed by atoms with Crippen LogP contribution in [0.4, 0.5) is 4.39 Å². The summed E-state index contributed by atoms with van der Waals surface area (Å²) in [5, 5.41) is 15.1. The van der Waals surface area contributed by atoms with Crippen LogP contribution in [0, 0.1) is 5.82 Å². The van der Waals surface area contributed by atoms with Crippen LogP contribution in [-0.2, 0) is 18.8 Å². The van der Waals surface area contributed by atoms with Gasteiger partial charge in [-0.25, -0.2) is 9.88 Å². The fourth-order valence-electron chi connectivity index (χ4n) is 3.79. The summed E-state index contributed by atoms with van der Waals surface area (Å²) in [5.41, 5.74) is -2.07. The number of fused-ring (bicyclic) bond motifs is 1. The minimum atomic E-state index is -1.87. The number of H-pyrrole nitrogens is 1. The van der Waals surface area contributed by atoms with Gasteiger partial charge in [-0.1, -0.05) is 36.4 Å². The van der Waals surface area contributed by atoms with E-state index < -0.39 is 50.0 Å². The first-order valence-electron chi connectivity index (χ1n) is 11.6. The number of benzene rings is 2. The molecule has 4 atom stereocenters. The number of carbonyl (C=O) groups is 1. The van der Waals surface area contributed by atoms with Gasteiger partial charge in [0.05, 0.1) is 25.0 Å². The Kier molecular flexibility index (Phi) is 8.67. The van der Waals surface area contributed by atoms with Gasteiger partial charge in [0.2, 0.25) is 5.82 Å². The van der Waals surface area contributed by atoms with Crippen molar-refractivity contribution >= 4 is 25.3 Å². The zero-order valence-corrected chi connectivity index (χ0v) is 21.0. The number of ether oxygens (including phenoxy) is 2. The number of aromatic amines is 1. The highest BCUT2D eigenvalue weighted by atomic mass is 31.2. The van der Waals surface area contributed by atoms with Crippen molar-refractivity contribution in [3.05, 3.63) is 75.3 Å². The van der Waals surface area contributed by atoms with E-state index in [2.05, 4.69) is 5.09 Å². The molecule has 4 unspecified atom stereocenters. The van der Waals surface area contributed by atoms with E-state index in [1.807, 2.05) is 41.4 Å². The first-order valence-corrected chi connectivity index (χ1v) is 12.7. The highest BCUT2D eigenvalue weighted by Gasteiger charge is 2.37. The van der Waals surface area contributed by atoms with E-state index in [9.17, 15) is 23.9 Å². The number of hydrogen-bond donors (Lipinski definition) is 3. The number of aliphatic hydroxyl groups excluding tert-OH is 1. The fourth-order valence-corrected chi connectivity index (χ4v) is 4.90. The maximum atomic E-state index is 13.7. The van der Waals surface area contributed by atoms with Crippen LogP contribution in [0.15, 0.2) is 58.3 Å². The molecule has 13 heteroatoms. The van der Waals surface area contributed by atoms with Crippen LogP contribution >= 0.6 is 8.53 Å². The Morgan fingerprint density at radius 3 is 2.81 bits per heavy atom. The van der Waals surface area contributed by atoms with Gasteiger partial charge >= 0.3 is 20.2 Å². The van der Waals surface area contributed by atoms with Crippen molar-refractivity contribution in [2.24, 2.45) is 0 Å². The molecule has 0 bridgehead atoms. The van der Waals surface area contributed by atoms with E-state index in [4.69, 9.17) is 18.5 Å². The van der Waals surface area contributed by atoms with Crippen molar-refractivity contribution in [2.75, 3.05) is 13.2 Å². The Morgan fingerprint density at radius 1 is 1.27 bits per heavy atom. The summed E-state index contributed by atoms with van der Waals surface area (Å²) in [4.78, 5) is 37.3. The number of esters is 1. The number of nitrogens with zero attached hydrogens (tertiary/aromatic N) is 1. The third kappa shape index (κ3) is 6.79. The van der Waals surface area contributed by atoms with Crippen LogP contribution < -0.4 is 20.9 Å². The molecule has 1 saturated heterocycles. The molecule has 3 aromatic rings. The molecule has 1 fully saturated rings. The molecule has 37 heavy (non-hydrogen) atoms. The second kappa shape index (κ2) is 11.9. The van der Waals surface area contributed by atoms with Gasteiger partial charge in [-0.15, -0.1) is 0 Å². The zero-order chi connectivity index (χ0) is 26.5. The minimum Gasteiger partial charge on any atom is -0.462 e. The molecule has 0 radical (unpaired) electrons. The third-order valence-electron chi connectivity index (χ3n) is 5.39. The maximum Gasteiger partial charge on any atom is 0.330 e. The first-order chi connectivity index (χ1) is 17.7. The smallest absolute Gasteiger partial charge is 0.330 e. The summed E-state index contributed by atoms with van der Waals surface area (Å²) in [6.45, 7) is 3.24. The van der Waals surface area contributed by atoms with Crippen LogP contribution in [0.25, 0.3) is 10.8 Å². The molecule has 4 rings (SSSR count). The van der Waals surface area contributed by atoms with E-state index in [0.717, 1.165) is 15.3 Å². The molecule has 3 N–H and O–H groups in total. The number of halogens is 1. The molecule has 0 amide bonds. The van der Waals surface area contributed by atoms with Crippen molar-refractivity contribution in [2.45, 2.75) is 44.8 Å². The number of aliphatic hydroxyl groups is 1. The Morgan fingerprint density at radius 2 is 2.03 bits per heavy atom. The van der Waals surface area contributed by atoms with E-state index >= 15 is 0 Å². The monoisotopic (exact) mass is 535 g/mol. The Balaban J connectivity index is 1.45. The van der Waals surface area contributed by atoms with Gasteiger partial charge in [0.1, 0.15) is 18.4 Å². The quantitative estimate of drug-likeness (QED) is 0.264. The predicted octanol–water partition coefficient (Wildman–Crippen LogP) is 2.34. The second-order valence-electron chi connectivity index (χ2n) is 8.59. The van der Waals surface area contributed by atoms with Crippen LogP contribution in [-0.4, -0.2) is 52.1 Å². The fraction of sp³-hybridized carbons (Fsp3) is 0.375. The largest absolute Gasteiger partial charge is 0.462 e. The predicted molar refractivity (Wildman–Crippen MR) is 132 cm³/mol. The Bertz CT molecular complexity index is 1360. The average molecular weight is 535 g/mol. The lowest BCUT2D eigenvalue weighted by molar-refractivity contribution is -0.145. The highest BCUT2D eigenvalue weighted by molar-refractivity contribution is 7.45. The number of carbonyl (C=O) groups excluding carboxylic acids is 1. The van der Waals surface area contributed by atoms with Gasteiger partial charge < -0.3 is 23.6 Å². The van der Waals surface area contributed by atoms with E-state index in [1.165, 1.54) is 0 Å². The number of aromatic nitrogens is 2. The van der Waals surface area contributed by atoms with Crippen LogP contribution in [0.3, 0.4) is 0 Å². The SMILES string of the molecule is CC(C)OC(=O)CNP(OCC1CC(O)C(n2cc(F)c(=O)[nH]c2=O)O1)Oc1cccc2ccccc12. The molecule has 1 aromatic heterocycles. The summed E-state index contributed by atoms with van der Waals surface area (Å²) in [6.07, 6.45) is -2.58. The second-order valence-corrected chi connectivity index (χ2v) is 9.86. The van der Waals surface area contributed by atoms with Gasteiger partial charge in [0, 0.05) is 11.8 Å². The van der Waals surface area contributed by atoms with E-state index in [1.54, 1.807) is 19.9 Å². The molecule has 198 valence electrons. The van der Waals surface area contributed by atoms with Crippen molar-refractivity contribution in [3.63, 3.8) is 0 Å². The summed E-state index contributed by atoms with van der Waals surface area (Å²) < 4.78 is 37.4. The molecule has 2 aromatic carbocycles. The van der Waals surface area contributed by atoms with Crippen molar-refractivity contribution < 1.29 is 32.8 Å². The van der Waals surface area contributed by atoms with Gasteiger partial charge in [-0.3, -0.25) is 19.1 Å². The van der Waals surface area contributed by atoms with Crippen molar-refractivity contribution in [1.82, 2.24) is 14.6 Å². The van der Waals surface area contributed by atoms with E-state index in [0.29, 0.717) is 11.9 Å².